The molecule has 5 N–H and O–H groups in total. The van der Waals surface area contributed by atoms with Crippen LogP contribution in [0.3, 0.4) is 0 Å². The summed E-state index contributed by atoms with van der Waals surface area (Å²) in [5.74, 6) is 0.0106. The quantitative estimate of drug-likeness (QED) is 0.158. The van der Waals surface area contributed by atoms with Gasteiger partial charge < -0.3 is 21.2 Å². The van der Waals surface area contributed by atoms with Crippen LogP contribution >= 0.6 is 0 Å². The predicted octanol–water partition coefficient (Wildman–Crippen LogP) is 5.95. The van der Waals surface area contributed by atoms with Gasteiger partial charge in [0, 0.05) is 43.2 Å². The van der Waals surface area contributed by atoms with Crippen LogP contribution in [0.2, 0.25) is 25.7 Å². The Morgan fingerprint density at radius 2 is 1.82 bits per heavy atom. The number of aromatic amines is 1. The van der Waals surface area contributed by atoms with E-state index in [0.717, 1.165) is 65.5 Å². The van der Waals surface area contributed by atoms with E-state index < -0.39 is 13.5 Å². The van der Waals surface area contributed by atoms with Crippen molar-refractivity contribution in [3.05, 3.63) is 53.2 Å². The van der Waals surface area contributed by atoms with Crippen molar-refractivity contribution >= 4 is 47.6 Å². The van der Waals surface area contributed by atoms with E-state index in [-0.39, 0.29) is 5.91 Å². The van der Waals surface area contributed by atoms with E-state index in [1.165, 1.54) is 11.1 Å². The van der Waals surface area contributed by atoms with Crippen LogP contribution in [-0.4, -0.2) is 35.4 Å². The number of amides is 1. The second-order valence-corrected chi connectivity index (χ2v) is 18.4. The molecule has 1 amide bonds. The fraction of sp³-hybridized carbons (Fsp3) is 0.400. The third-order valence-corrected chi connectivity index (χ3v) is 9.77. The largest absolute Gasteiger partial charge is 0.399 e. The molecule has 0 radical (unpaired) electrons. The van der Waals surface area contributed by atoms with Gasteiger partial charge in [-0.1, -0.05) is 19.6 Å². The molecule has 6 rings (SSSR count). The highest BCUT2D eigenvalue weighted by molar-refractivity contribution is 6.76. The Labute approximate surface area is 230 Å². The molecule has 39 heavy (non-hydrogen) atoms. The number of hydrogen-bond acceptors (Lipinski definition) is 5. The molecule has 4 aromatic rings. The molecule has 9 heteroatoms. The van der Waals surface area contributed by atoms with Crippen molar-refractivity contribution in [2.45, 2.75) is 70.9 Å². The number of anilines is 4. The lowest BCUT2D eigenvalue weighted by molar-refractivity contribution is -0.121. The molecule has 0 spiro atoms. The van der Waals surface area contributed by atoms with Gasteiger partial charge in [0.2, 0.25) is 5.91 Å². The summed E-state index contributed by atoms with van der Waals surface area (Å²) in [7, 11) is -1.13. The molecule has 0 saturated heterocycles. The normalized spacial score (nSPS) is 16.3. The molecule has 2 aromatic carbocycles. The fourth-order valence-corrected chi connectivity index (χ4v) is 6.65. The van der Waals surface area contributed by atoms with Gasteiger partial charge in [-0.15, -0.1) is 0 Å². The number of nitrogens with one attached hydrogen (secondary N) is 1. The number of benzene rings is 2. The first-order valence-corrected chi connectivity index (χ1v) is 17.5. The lowest BCUT2D eigenvalue weighted by Gasteiger charge is -2.21. The molecule has 0 fully saturated rings. The van der Waals surface area contributed by atoms with Gasteiger partial charge in [-0.3, -0.25) is 9.69 Å². The Morgan fingerprint density at radius 3 is 2.54 bits per heavy atom. The zero-order valence-corrected chi connectivity index (χ0v) is 24.5. The summed E-state index contributed by atoms with van der Waals surface area (Å²) in [6, 6.07) is 10.8. The van der Waals surface area contributed by atoms with E-state index in [1.807, 2.05) is 30.7 Å². The Morgan fingerprint density at radius 1 is 1.08 bits per heavy atom. The summed E-state index contributed by atoms with van der Waals surface area (Å²) in [5.41, 5.74) is 20.8. The highest BCUT2D eigenvalue weighted by atomic mass is 28.3. The van der Waals surface area contributed by atoms with Crippen LogP contribution in [-0.2, 0) is 34.5 Å². The summed E-state index contributed by atoms with van der Waals surface area (Å²) in [6.07, 6.45) is 5.09. The molecule has 1 aliphatic heterocycles. The second-order valence-electron chi connectivity index (χ2n) is 12.8. The maximum absolute atomic E-state index is 13.7. The summed E-state index contributed by atoms with van der Waals surface area (Å²) < 4.78 is 7.91. The maximum atomic E-state index is 13.7. The third kappa shape index (κ3) is 4.43. The smallest absolute Gasteiger partial charge is 0.241 e. The average Bonchev–Trinajstić information content (AvgIpc) is 3.42. The summed E-state index contributed by atoms with van der Waals surface area (Å²) in [4.78, 5) is 19.2. The molecule has 0 atom stereocenters. The zero-order chi connectivity index (χ0) is 27.7. The van der Waals surface area contributed by atoms with Crippen molar-refractivity contribution in [2.75, 3.05) is 23.0 Å². The van der Waals surface area contributed by atoms with Crippen molar-refractivity contribution in [1.29, 1.82) is 0 Å². The second kappa shape index (κ2) is 8.99. The number of hydrogen-bond donors (Lipinski definition) is 3. The molecular formula is C30H38N6O2Si. The van der Waals surface area contributed by atoms with E-state index in [2.05, 4.69) is 43.0 Å². The minimum absolute atomic E-state index is 0.0106. The standard InChI is InChI=1S/C30H38N6O2Si/c1-30(2)24-15-25-23(14-26(24)36(29(30)37)21-12-19(31)11-20(32)13-21)22-8-6-7-18-16-35(34-27(18)28(22)33-25)17-38-9-10-39(3,4)5/h11-16,33H,6-10,17,31-32H2,1-5H3. The van der Waals surface area contributed by atoms with Gasteiger partial charge in [0.05, 0.1) is 22.5 Å². The first-order chi connectivity index (χ1) is 18.4. The van der Waals surface area contributed by atoms with Gasteiger partial charge in [-0.05, 0) is 86.2 Å². The molecule has 2 aromatic heterocycles. The molecule has 0 unspecified atom stereocenters. The minimum atomic E-state index is -1.13. The third-order valence-electron chi connectivity index (χ3n) is 8.06. The van der Waals surface area contributed by atoms with E-state index in [1.54, 1.807) is 11.0 Å². The van der Waals surface area contributed by atoms with Crippen LogP contribution in [0.5, 0.6) is 0 Å². The monoisotopic (exact) mass is 542 g/mol. The number of nitrogens with two attached hydrogens (primary N) is 2. The number of carbonyl (C=O) groups is 1. The van der Waals surface area contributed by atoms with Gasteiger partial charge in [-0.25, -0.2) is 4.68 Å². The van der Waals surface area contributed by atoms with Gasteiger partial charge in [-0.2, -0.15) is 5.10 Å². The summed E-state index contributed by atoms with van der Waals surface area (Å²) in [6.45, 7) is 12.3. The minimum Gasteiger partial charge on any atom is -0.399 e. The Bertz CT molecular complexity index is 1590. The van der Waals surface area contributed by atoms with Crippen molar-refractivity contribution in [3.63, 3.8) is 0 Å². The SMILES string of the molecule is CC1(C)C(=O)N(c2cc(N)cc(N)c2)c2cc3c4c([nH]c3cc21)-c1nn(COCC[Si](C)(C)C)cc1CCC4. The number of rotatable bonds is 6. The highest BCUT2D eigenvalue weighted by Gasteiger charge is 2.45. The van der Waals surface area contributed by atoms with E-state index in [9.17, 15) is 4.79 Å². The van der Waals surface area contributed by atoms with Crippen LogP contribution in [0.15, 0.2) is 36.5 Å². The van der Waals surface area contributed by atoms with E-state index >= 15 is 0 Å². The first-order valence-electron chi connectivity index (χ1n) is 13.8. The molecular weight excluding hydrogens is 504 g/mol. The molecule has 0 bridgehead atoms. The first kappa shape index (κ1) is 25.7. The van der Waals surface area contributed by atoms with Crippen molar-refractivity contribution in [1.82, 2.24) is 14.8 Å². The number of fused-ring (bicyclic) bond motifs is 6. The van der Waals surface area contributed by atoms with Gasteiger partial charge in [0.25, 0.3) is 0 Å². The van der Waals surface area contributed by atoms with E-state index in [4.69, 9.17) is 21.3 Å². The zero-order valence-electron chi connectivity index (χ0n) is 23.5. The van der Waals surface area contributed by atoms with Gasteiger partial charge >= 0.3 is 0 Å². The van der Waals surface area contributed by atoms with Crippen LogP contribution in [0.1, 0.15) is 37.0 Å². The van der Waals surface area contributed by atoms with Crippen LogP contribution in [0.4, 0.5) is 22.7 Å². The Hall–Kier alpha value is -3.56. The van der Waals surface area contributed by atoms with Crippen LogP contribution < -0.4 is 16.4 Å². The maximum Gasteiger partial charge on any atom is 0.241 e. The lowest BCUT2D eigenvalue weighted by Crippen LogP contribution is -2.33. The predicted molar refractivity (Wildman–Crippen MR) is 161 cm³/mol. The fourth-order valence-electron chi connectivity index (χ4n) is 5.90. The number of nitrogen functional groups attached to an aromatic ring is 2. The number of aromatic nitrogens is 3. The molecule has 0 saturated carbocycles. The Kier molecular flexibility index (Phi) is 5.93. The van der Waals surface area contributed by atoms with Crippen molar-refractivity contribution < 1.29 is 9.53 Å². The number of nitrogens with zero attached hydrogens (tertiary/aromatic N) is 3. The van der Waals surface area contributed by atoms with Crippen molar-refractivity contribution in [2.24, 2.45) is 0 Å². The summed E-state index contributed by atoms with van der Waals surface area (Å²) in [5, 5.41) is 6.09. The van der Waals surface area contributed by atoms with Crippen molar-refractivity contribution in [3.8, 4) is 11.4 Å². The average molecular weight is 543 g/mol. The number of carbonyl (C=O) groups excluding carboxylic acids is 1. The highest BCUT2D eigenvalue weighted by Crippen LogP contribution is 2.49. The molecule has 3 heterocycles. The number of H-pyrrole nitrogens is 1. The molecule has 204 valence electrons. The lowest BCUT2D eigenvalue weighted by atomic mass is 9.85. The molecule has 8 nitrogen and oxygen atoms in total. The van der Waals surface area contributed by atoms with Crippen LogP contribution in [0, 0.1) is 0 Å². The molecule has 2 aliphatic rings. The van der Waals surface area contributed by atoms with Gasteiger partial charge in [0.1, 0.15) is 12.4 Å². The van der Waals surface area contributed by atoms with Gasteiger partial charge in [0.15, 0.2) is 0 Å². The van der Waals surface area contributed by atoms with E-state index in [0.29, 0.717) is 23.8 Å². The Balaban J connectivity index is 1.41. The molecule has 1 aliphatic carbocycles. The number of aryl methyl sites for hydroxylation is 2. The topological polar surface area (TPSA) is 115 Å². The van der Waals surface area contributed by atoms with Crippen LogP contribution in [0.25, 0.3) is 22.3 Å². The summed E-state index contributed by atoms with van der Waals surface area (Å²) >= 11 is 0. The number of ether oxygens (including phenoxy) is 1.